The summed E-state index contributed by atoms with van der Waals surface area (Å²) < 4.78 is 0. The zero-order chi connectivity index (χ0) is 10.2. The Morgan fingerprint density at radius 1 is 1.21 bits per heavy atom. The van der Waals surface area contributed by atoms with Crippen LogP contribution in [0.3, 0.4) is 0 Å². The quantitative estimate of drug-likeness (QED) is 0.526. The zero-order valence-corrected chi connectivity index (χ0v) is 10.4. The van der Waals surface area contributed by atoms with Crippen molar-refractivity contribution in [2.75, 3.05) is 25.4 Å². The average Bonchev–Trinajstić information content (AvgIpc) is 2.21. The molecular formula is C12H25NS. The van der Waals surface area contributed by atoms with Crippen molar-refractivity contribution < 1.29 is 0 Å². The van der Waals surface area contributed by atoms with Crippen LogP contribution in [-0.4, -0.2) is 30.3 Å². The van der Waals surface area contributed by atoms with Gasteiger partial charge in [0.15, 0.2) is 0 Å². The second kappa shape index (κ2) is 7.58. The van der Waals surface area contributed by atoms with Crippen LogP contribution < -0.4 is 0 Å². The number of piperidine rings is 1. The Morgan fingerprint density at radius 2 is 1.93 bits per heavy atom. The lowest BCUT2D eigenvalue weighted by Gasteiger charge is -2.31. The van der Waals surface area contributed by atoms with Gasteiger partial charge in [-0.15, -0.1) is 0 Å². The van der Waals surface area contributed by atoms with Crippen molar-refractivity contribution in [2.24, 2.45) is 5.92 Å². The van der Waals surface area contributed by atoms with Crippen LogP contribution >= 0.6 is 12.6 Å². The molecular weight excluding hydrogens is 190 g/mol. The second-order valence-corrected chi connectivity index (χ2v) is 4.95. The first-order chi connectivity index (χ1) is 6.86. The number of nitrogens with zero attached hydrogens (tertiary/aromatic N) is 1. The number of unbranched alkanes of at least 4 members (excludes halogenated alkanes) is 1. The van der Waals surface area contributed by atoms with Crippen molar-refractivity contribution in [1.82, 2.24) is 4.90 Å². The molecule has 1 aliphatic rings. The molecule has 1 saturated heterocycles. The number of rotatable bonds is 6. The molecule has 0 spiro atoms. The standard InChI is InChI=1S/C12H25NS/c1-2-5-12-6-9-13(10-7-12)8-3-4-11-14/h12,14H,2-11H2,1H3. The van der Waals surface area contributed by atoms with Crippen molar-refractivity contribution >= 4 is 12.6 Å². The summed E-state index contributed by atoms with van der Waals surface area (Å²) in [4.78, 5) is 2.63. The molecule has 0 N–H and O–H groups in total. The van der Waals surface area contributed by atoms with Crippen molar-refractivity contribution in [2.45, 2.75) is 45.4 Å². The van der Waals surface area contributed by atoms with E-state index in [1.807, 2.05) is 0 Å². The Labute approximate surface area is 94.7 Å². The summed E-state index contributed by atoms with van der Waals surface area (Å²) in [6.07, 6.45) is 8.30. The van der Waals surface area contributed by atoms with E-state index in [1.54, 1.807) is 0 Å². The van der Waals surface area contributed by atoms with E-state index in [2.05, 4.69) is 24.5 Å². The van der Waals surface area contributed by atoms with E-state index >= 15 is 0 Å². The third kappa shape index (κ3) is 4.70. The van der Waals surface area contributed by atoms with Gasteiger partial charge in [-0.1, -0.05) is 19.8 Å². The number of hydrogen-bond acceptors (Lipinski definition) is 2. The number of likely N-dealkylation sites (tertiary alicyclic amines) is 1. The lowest BCUT2D eigenvalue weighted by Crippen LogP contribution is -2.34. The highest BCUT2D eigenvalue weighted by atomic mass is 32.1. The van der Waals surface area contributed by atoms with Gasteiger partial charge in [-0.2, -0.15) is 12.6 Å². The maximum atomic E-state index is 4.24. The van der Waals surface area contributed by atoms with Gasteiger partial charge in [0.1, 0.15) is 0 Å². The fourth-order valence-electron chi connectivity index (χ4n) is 2.35. The second-order valence-electron chi connectivity index (χ2n) is 4.50. The molecule has 1 nitrogen and oxygen atoms in total. The minimum Gasteiger partial charge on any atom is -0.303 e. The Kier molecular flexibility index (Phi) is 6.70. The molecule has 0 amide bonds. The molecule has 14 heavy (non-hydrogen) atoms. The summed E-state index contributed by atoms with van der Waals surface area (Å²) >= 11 is 4.24. The third-order valence-corrected chi connectivity index (χ3v) is 3.60. The molecule has 0 radical (unpaired) electrons. The van der Waals surface area contributed by atoms with Gasteiger partial charge in [0.25, 0.3) is 0 Å². The van der Waals surface area contributed by atoms with E-state index in [0.717, 1.165) is 11.7 Å². The fourth-order valence-corrected chi connectivity index (χ4v) is 2.58. The molecule has 0 unspecified atom stereocenters. The summed E-state index contributed by atoms with van der Waals surface area (Å²) in [7, 11) is 0. The van der Waals surface area contributed by atoms with Gasteiger partial charge < -0.3 is 4.90 Å². The van der Waals surface area contributed by atoms with Crippen LogP contribution in [0.4, 0.5) is 0 Å². The minimum atomic E-state index is 1.03. The van der Waals surface area contributed by atoms with Crippen LogP contribution in [-0.2, 0) is 0 Å². The van der Waals surface area contributed by atoms with Gasteiger partial charge in [-0.3, -0.25) is 0 Å². The van der Waals surface area contributed by atoms with Crippen LogP contribution in [0.2, 0.25) is 0 Å². The molecule has 0 aromatic carbocycles. The third-order valence-electron chi connectivity index (χ3n) is 3.29. The van der Waals surface area contributed by atoms with Crippen LogP contribution in [0.25, 0.3) is 0 Å². The molecule has 1 rings (SSSR count). The first kappa shape index (κ1) is 12.4. The summed E-state index contributed by atoms with van der Waals surface area (Å²) in [6, 6.07) is 0. The minimum absolute atomic E-state index is 1.03. The van der Waals surface area contributed by atoms with Crippen LogP contribution in [0.1, 0.15) is 45.4 Å². The molecule has 0 aromatic heterocycles. The van der Waals surface area contributed by atoms with Gasteiger partial charge in [0, 0.05) is 0 Å². The van der Waals surface area contributed by atoms with Crippen molar-refractivity contribution in [1.29, 1.82) is 0 Å². The first-order valence-corrected chi connectivity index (χ1v) is 6.83. The van der Waals surface area contributed by atoms with E-state index < -0.39 is 0 Å². The molecule has 84 valence electrons. The molecule has 0 bridgehead atoms. The summed E-state index contributed by atoms with van der Waals surface area (Å²) in [6.45, 7) is 6.30. The lowest BCUT2D eigenvalue weighted by atomic mass is 9.92. The summed E-state index contributed by atoms with van der Waals surface area (Å²) in [5.41, 5.74) is 0. The number of hydrogen-bond donors (Lipinski definition) is 1. The highest BCUT2D eigenvalue weighted by Crippen LogP contribution is 2.21. The van der Waals surface area contributed by atoms with E-state index in [-0.39, 0.29) is 0 Å². The maximum absolute atomic E-state index is 4.24. The monoisotopic (exact) mass is 215 g/mol. The first-order valence-electron chi connectivity index (χ1n) is 6.20. The van der Waals surface area contributed by atoms with Crippen molar-refractivity contribution in [3.05, 3.63) is 0 Å². The van der Waals surface area contributed by atoms with Gasteiger partial charge in [0.05, 0.1) is 0 Å². The normalized spacial score (nSPS) is 20.1. The van der Waals surface area contributed by atoms with Gasteiger partial charge in [0.2, 0.25) is 0 Å². The highest BCUT2D eigenvalue weighted by molar-refractivity contribution is 7.80. The topological polar surface area (TPSA) is 3.24 Å². The van der Waals surface area contributed by atoms with Crippen LogP contribution in [0.15, 0.2) is 0 Å². The SMILES string of the molecule is CCCC1CCN(CCCCS)CC1. The molecule has 0 atom stereocenters. The Morgan fingerprint density at radius 3 is 2.50 bits per heavy atom. The Balaban J connectivity index is 2.03. The Bertz CT molecular complexity index is 130. The molecule has 0 saturated carbocycles. The summed E-state index contributed by atoms with van der Waals surface area (Å²) in [5.74, 6) is 2.08. The van der Waals surface area contributed by atoms with E-state index in [1.165, 1.54) is 58.2 Å². The Hall–Kier alpha value is 0.310. The molecule has 2 heteroatoms. The van der Waals surface area contributed by atoms with Gasteiger partial charge >= 0.3 is 0 Å². The van der Waals surface area contributed by atoms with Crippen molar-refractivity contribution in [3.63, 3.8) is 0 Å². The highest BCUT2D eigenvalue weighted by Gasteiger charge is 2.17. The maximum Gasteiger partial charge on any atom is -0.00161 e. The smallest absolute Gasteiger partial charge is 0.00161 e. The molecule has 1 fully saturated rings. The van der Waals surface area contributed by atoms with Crippen molar-refractivity contribution in [3.8, 4) is 0 Å². The van der Waals surface area contributed by atoms with Gasteiger partial charge in [-0.25, -0.2) is 0 Å². The predicted octanol–water partition coefficient (Wildman–Crippen LogP) is 3.21. The molecule has 0 aromatic rings. The molecule has 1 aliphatic heterocycles. The van der Waals surface area contributed by atoms with E-state index in [0.29, 0.717) is 0 Å². The summed E-state index contributed by atoms with van der Waals surface area (Å²) in [5, 5.41) is 0. The average molecular weight is 215 g/mol. The van der Waals surface area contributed by atoms with Crippen LogP contribution in [0.5, 0.6) is 0 Å². The van der Waals surface area contributed by atoms with E-state index in [9.17, 15) is 0 Å². The van der Waals surface area contributed by atoms with Gasteiger partial charge in [-0.05, 0) is 57.0 Å². The lowest BCUT2D eigenvalue weighted by molar-refractivity contribution is 0.177. The molecule has 0 aliphatic carbocycles. The zero-order valence-electron chi connectivity index (χ0n) is 9.54. The number of thiol groups is 1. The predicted molar refractivity (Wildman–Crippen MR) is 67.2 cm³/mol. The molecule has 1 heterocycles. The fraction of sp³-hybridized carbons (Fsp3) is 1.00. The van der Waals surface area contributed by atoms with Crippen LogP contribution in [0, 0.1) is 5.92 Å². The largest absolute Gasteiger partial charge is 0.303 e. The van der Waals surface area contributed by atoms with E-state index in [4.69, 9.17) is 0 Å².